The number of halogens is 3. The maximum absolute atomic E-state index is 11.7. The molecule has 2 nitrogen and oxygen atoms in total. The molecule has 0 unspecified atom stereocenters. The molecule has 0 N–H and O–H groups in total. The molecular formula is C8H12F3NO. The van der Waals surface area contributed by atoms with Gasteiger partial charge in [-0.1, -0.05) is 6.92 Å². The van der Waals surface area contributed by atoms with Crippen LogP contribution in [0.4, 0.5) is 13.2 Å². The normalized spacial score (nSPS) is 13.2. The highest BCUT2D eigenvalue weighted by molar-refractivity contribution is 6.03. The van der Waals surface area contributed by atoms with E-state index < -0.39 is 18.4 Å². The van der Waals surface area contributed by atoms with Gasteiger partial charge >= 0.3 is 6.18 Å². The third-order valence-corrected chi connectivity index (χ3v) is 1.34. The fraction of sp³-hybridized carbons (Fsp3) is 0.750. The van der Waals surface area contributed by atoms with Crippen molar-refractivity contribution in [1.29, 1.82) is 0 Å². The molecule has 5 heteroatoms. The van der Waals surface area contributed by atoms with Gasteiger partial charge in [-0.25, -0.2) is 0 Å². The summed E-state index contributed by atoms with van der Waals surface area (Å²) in [6.45, 7) is 3.76. The summed E-state index contributed by atoms with van der Waals surface area (Å²) in [5.74, 6) is -1.73. The Kier molecular flexibility index (Phi) is 4.66. The molecular weight excluding hydrogens is 183 g/mol. The van der Waals surface area contributed by atoms with Gasteiger partial charge in [0.25, 0.3) is 0 Å². The van der Waals surface area contributed by atoms with Gasteiger partial charge in [0.05, 0.1) is 6.42 Å². The van der Waals surface area contributed by atoms with E-state index in [0.717, 1.165) is 6.42 Å². The summed E-state index contributed by atoms with van der Waals surface area (Å²) in [5.41, 5.74) is 0.240. The van der Waals surface area contributed by atoms with Gasteiger partial charge in [0.2, 0.25) is 5.78 Å². The van der Waals surface area contributed by atoms with E-state index in [-0.39, 0.29) is 5.71 Å². The first-order valence-electron chi connectivity index (χ1n) is 3.98. The summed E-state index contributed by atoms with van der Waals surface area (Å²) in [6, 6.07) is 0. The van der Waals surface area contributed by atoms with Crippen LogP contribution in [-0.2, 0) is 4.79 Å². The SMILES string of the molecule is CCCN=C(C)CC(=O)C(F)(F)F. The second-order valence-corrected chi connectivity index (χ2v) is 2.71. The van der Waals surface area contributed by atoms with Gasteiger partial charge in [0, 0.05) is 12.3 Å². The number of aliphatic imine (C=N–C) groups is 1. The van der Waals surface area contributed by atoms with Gasteiger partial charge in [-0.3, -0.25) is 9.79 Å². The van der Waals surface area contributed by atoms with Crippen LogP contribution in [0.5, 0.6) is 0 Å². The van der Waals surface area contributed by atoms with Crippen LogP contribution >= 0.6 is 0 Å². The second-order valence-electron chi connectivity index (χ2n) is 2.71. The van der Waals surface area contributed by atoms with E-state index in [1.807, 2.05) is 6.92 Å². The van der Waals surface area contributed by atoms with Crippen molar-refractivity contribution in [3.8, 4) is 0 Å². The molecule has 0 aliphatic carbocycles. The molecule has 0 amide bonds. The van der Waals surface area contributed by atoms with E-state index >= 15 is 0 Å². The number of nitrogens with zero attached hydrogens (tertiary/aromatic N) is 1. The third kappa shape index (κ3) is 5.38. The maximum Gasteiger partial charge on any atom is 0.450 e. The van der Waals surface area contributed by atoms with Crippen molar-refractivity contribution in [1.82, 2.24) is 0 Å². The molecule has 0 aliphatic heterocycles. The quantitative estimate of drug-likeness (QED) is 0.633. The molecule has 0 rings (SSSR count). The van der Waals surface area contributed by atoms with Crippen molar-refractivity contribution in [2.75, 3.05) is 6.54 Å². The monoisotopic (exact) mass is 195 g/mol. The Balaban J connectivity index is 4.07. The van der Waals surface area contributed by atoms with Crippen LogP contribution in [0.25, 0.3) is 0 Å². The topological polar surface area (TPSA) is 29.4 Å². The van der Waals surface area contributed by atoms with Crippen molar-refractivity contribution in [3.05, 3.63) is 0 Å². The summed E-state index contributed by atoms with van der Waals surface area (Å²) >= 11 is 0. The third-order valence-electron chi connectivity index (χ3n) is 1.34. The molecule has 0 aromatic rings. The number of hydrogen-bond donors (Lipinski definition) is 0. The van der Waals surface area contributed by atoms with E-state index in [9.17, 15) is 18.0 Å². The van der Waals surface area contributed by atoms with Gasteiger partial charge in [0.15, 0.2) is 0 Å². The summed E-state index contributed by atoms with van der Waals surface area (Å²) in [7, 11) is 0. The Morgan fingerprint density at radius 2 is 1.92 bits per heavy atom. The largest absolute Gasteiger partial charge is 0.450 e. The highest BCUT2D eigenvalue weighted by Crippen LogP contribution is 2.17. The van der Waals surface area contributed by atoms with E-state index in [0.29, 0.717) is 6.54 Å². The molecule has 0 aliphatic rings. The zero-order valence-corrected chi connectivity index (χ0v) is 7.61. The molecule has 0 spiro atoms. The molecule has 13 heavy (non-hydrogen) atoms. The summed E-state index contributed by atoms with van der Waals surface area (Å²) in [6.07, 6.45) is -4.59. The molecule has 0 radical (unpaired) electrons. The van der Waals surface area contributed by atoms with Crippen LogP contribution in [0.1, 0.15) is 26.7 Å². The Hall–Kier alpha value is -0.870. The molecule has 0 bridgehead atoms. The van der Waals surface area contributed by atoms with Crippen molar-refractivity contribution in [2.45, 2.75) is 32.9 Å². The highest BCUT2D eigenvalue weighted by Gasteiger charge is 2.37. The molecule has 0 saturated carbocycles. The van der Waals surface area contributed by atoms with Crippen LogP contribution in [0.15, 0.2) is 4.99 Å². The van der Waals surface area contributed by atoms with E-state index in [1.165, 1.54) is 6.92 Å². The van der Waals surface area contributed by atoms with Crippen LogP contribution < -0.4 is 0 Å². The smallest absolute Gasteiger partial charge is 0.294 e. The number of rotatable bonds is 4. The molecule has 0 heterocycles. The fourth-order valence-electron chi connectivity index (χ4n) is 0.691. The van der Waals surface area contributed by atoms with E-state index in [2.05, 4.69) is 4.99 Å². The molecule has 0 aromatic heterocycles. The predicted molar refractivity (Wildman–Crippen MR) is 43.9 cm³/mol. The van der Waals surface area contributed by atoms with Crippen molar-refractivity contribution in [3.63, 3.8) is 0 Å². The number of hydrogen-bond acceptors (Lipinski definition) is 2. The minimum Gasteiger partial charge on any atom is -0.294 e. The van der Waals surface area contributed by atoms with Gasteiger partial charge in [0.1, 0.15) is 0 Å². The fourth-order valence-corrected chi connectivity index (χ4v) is 0.691. The molecule has 0 aromatic carbocycles. The lowest BCUT2D eigenvalue weighted by molar-refractivity contribution is -0.169. The van der Waals surface area contributed by atoms with Gasteiger partial charge < -0.3 is 0 Å². The van der Waals surface area contributed by atoms with E-state index in [1.54, 1.807) is 0 Å². The van der Waals surface area contributed by atoms with Crippen molar-refractivity contribution < 1.29 is 18.0 Å². The first-order chi connectivity index (χ1) is 5.88. The highest BCUT2D eigenvalue weighted by atomic mass is 19.4. The second kappa shape index (κ2) is 4.99. The Labute approximate surface area is 74.8 Å². The average Bonchev–Trinajstić information content (AvgIpc) is 1.99. The molecule has 76 valence electrons. The molecule has 0 fully saturated rings. The zero-order valence-electron chi connectivity index (χ0n) is 7.61. The van der Waals surface area contributed by atoms with Crippen LogP contribution in [0.2, 0.25) is 0 Å². The maximum atomic E-state index is 11.7. The number of ketones is 1. The average molecular weight is 195 g/mol. The minimum absolute atomic E-state index is 0.240. The Morgan fingerprint density at radius 3 is 2.31 bits per heavy atom. The minimum atomic E-state index is -4.73. The number of carbonyl (C=O) groups is 1. The van der Waals surface area contributed by atoms with Crippen LogP contribution in [0, 0.1) is 0 Å². The van der Waals surface area contributed by atoms with Gasteiger partial charge in [-0.15, -0.1) is 0 Å². The van der Waals surface area contributed by atoms with Crippen LogP contribution in [-0.4, -0.2) is 24.2 Å². The number of carbonyl (C=O) groups excluding carboxylic acids is 1. The lowest BCUT2D eigenvalue weighted by Crippen LogP contribution is -2.24. The Morgan fingerprint density at radius 1 is 1.38 bits per heavy atom. The first-order valence-corrected chi connectivity index (χ1v) is 3.98. The predicted octanol–water partition coefficient (Wildman–Crippen LogP) is 2.38. The Bertz CT molecular complexity index is 208. The summed E-state index contributed by atoms with van der Waals surface area (Å²) in [5, 5.41) is 0. The van der Waals surface area contributed by atoms with Gasteiger partial charge in [-0.05, 0) is 13.3 Å². The zero-order chi connectivity index (χ0) is 10.5. The van der Waals surface area contributed by atoms with Crippen LogP contribution in [0.3, 0.4) is 0 Å². The molecule has 0 saturated heterocycles. The number of alkyl halides is 3. The summed E-state index contributed by atoms with van der Waals surface area (Å²) in [4.78, 5) is 14.2. The number of Topliss-reactive ketones (excluding diaryl/α,β-unsaturated/α-hetero) is 1. The molecule has 0 atom stereocenters. The first kappa shape index (κ1) is 12.1. The van der Waals surface area contributed by atoms with Gasteiger partial charge in [-0.2, -0.15) is 13.2 Å². The lowest BCUT2D eigenvalue weighted by Gasteiger charge is -2.04. The lowest BCUT2D eigenvalue weighted by atomic mass is 10.2. The summed E-state index contributed by atoms with van der Waals surface area (Å²) < 4.78 is 35.2. The van der Waals surface area contributed by atoms with Crippen molar-refractivity contribution in [2.24, 2.45) is 4.99 Å². The van der Waals surface area contributed by atoms with Crippen molar-refractivity contribution >= 4 is 11.5 Å². The standard InChI is InChI=1S/C8H12F3NO/c1-3-4-12-6(2)5-7(13)8(9,10)11/h3-5H2,1-2H3. The van der Waals surface area contributed by atoms with E-state index in [4.69, 9.17) is 0 Å².